The molecule has 0 radical (unpaired) electrons. The van der Waals surface area contributed by atoms with Crippen molar-refractivity contribution in [2.24, 2.45) is 0 Å². The van der Waals surface area contributed by atoms with Crippen LogP contribution in [0.5, 0.6) is 0 Å². The highest BCUT2D eigenvalue weighted by Crippen LogP contribution is 2.39. The van der Waals surface area contributed by atoms with Gasteiger partial charge in [-0.2, -0.15) is 0 Å². The zero-order valence-electron chi connectivity index (χ0n) is 18.5. The summed E-state index contributed by atoms with van der Waals surface area (Å²) in [5, 5.41) is 13.8. The van der Waals surface area contributed by atoms with Gasteiger partial charge in [-0.1, -0.05) is 39.9 Å². The summed E-state index contributed by atoms with van der Waals surface area (Å²) in [6.45, 7) is 4.70. The van der Waals surface area contributed by atoms with Crippen LogP contribution in [0.15, 0.2) is 52.6 Å². The molecule has 1 unspecified atom stereocenters. The molecule has 8 heteroatoms. The first-order chi connectivity index (χ1) is 15.2. The van der Waals surface area contributed by atoms with Gasteiger partial charge in [-0.15, -0.1) is 0 Å². The summed E-state index contributed by atoms with van der Waals surface area (Å²) in [5.41, 5.74) is 3.15. The van der Waals surface area contributed by atoms with Gasteiger partial charge in [-0.3, -0.25) is 9.59 Å². The lowest BCUT2D eigenvalue weighted by molar-refractivity contribution is -0.857. The number of fused-ring (bicyclic) bond motifs is 1. The second-order valence-corrected chi connectivity index (χ2v) is 9.33. The highest BCUT2D eigenvalue weighted by molar-refractivity contribution is 9.10. The lowest BCUT2D eigenvalue weighted by Crippen LogP contribution is -3.06. The first-order valence-corrected chi connectivity index (χ1v) is 11.3. The maximum atomic E-state index is 13.8. The van der Waals surface area contributed by atoms with Gasteiger partial charge in [0.2, 0.25) is 5.78 Å². The zero-order chi connectivity index (χ0) is 23.2. The fourth-order valence-electron chi connectivity index (χ4n) is 4.16. The summed E-state index contributed by atoms with van der Waals surface area (Å²) in [7, 11) is 3.97. The summed E-state index contributed by atoms with van der Waals surface area (Å²) >= 11 is 3.43. The molecule has 0 bridgehead atoms. The SMILES string of the molecule is Cc1nc2c(C)cccn2c1/C([O-])=C1\C(=O)C(=O)N(CC[NH+](C)C)C1c1ccc(Br)cc1. The number of halogens is 1. The molecule has 1 aromatic carbocycles. The fourth-order valence-corrected chi connectivity index (χ4v) is 4.42. The number of hydrogen-bond acceptors (Lipinski definition) is 4. The number of pyridine rings is 1. The first-order valence-electron chi connectivity index (χ1n) is 10.5. The smallest absolute Gasteiger partial charge is 0.295 e. The van der Waals surface area contributed by atoms with Gasteiger partial charge < -0.3 is 19.3 Å². The molecule has 1 saturated heterocycles. The van der Waals surface area contributed by atoms with Crippen LogP contribution in [0.1, 0.15) is 28.6 Å². The molecular formula is C24H25BrN4O3. The highest BCUT2D eigenvalue weighted by Gasteiger charge is 2.44. The second kappa shape index (κ2) is 8.52. The van der Waals surface area contributed by atoms with Crippen LogP contribution in [0.3, 0.4) is 0 Å². The monoisotopic (exact) mass is 496 g/mol. The van der Waals surface area contributed by atoms with Crippen LogP contribution in [-0.4, -0.2) is 53.2 Å². The van der Waals surface area contributed by atoms with E-state index < -0.39 is 23.5 Å². The van der Waals surface area contributed by atoms with Gasteiger partial charge in [0.15, 0.2) is 0 Å². The van der Waals surface area contributed by atoms with Gasteiger partial charge in [0.1, 0.15) is 5.65 Å². The Hall–Kier alpha value is -2.97. The van der Waals surface area contributed by atoms with Gasteiger partial charge in [0.25, 0.3) is 5.91 Å². The number of carbonyl (C=O) groups excluding carboxylic acids is 2. The van der Waals surface area contributed by atoms with Crippen molar-refractivity contribution >= 4 is 39.0 Å². The van der Waals surface area contributed by atoms with E-state index in [4.69, 9.17) is 0 Å². The highest BCUT2D eigenvalue weighted by atomic mass is 79.9. The van der Waals surface area contributed by atoms with Gasteiger partial charge >= 0.3 is 0 Å². The minimum atomic E-state index is -0.737. The molecule has 0 spiro atoms. The number of carbonyl (C=O) groups is 2. The van der Waals surface area contributed by atoms with E-state index in [0.29, 0.717) is 30.1 Å². The molecular weight excluding hydrogens is 472 g/mol. The van der Waals surface area contributed by atoms with Crippen LogP contribution in [0.2, 0.25) is 0 Å². The van der Waals surface area contributed by atoms with Crippen LogP contribution in [0.4, 0.5) is 0 Å². The molecule has 2 aromatic heterocycles. The van der Waals surface area contributed by atoms with Crippen LogP contribution < -0.4 is 10.0 Å². The maximum Gasteiger partial charge on any atom is 0.295 e. The van der Waals surface area contributed by atoms with E-state index in [1.807, 2.05) is 57.4 Å². The van der Waals surface area contributed by atoms with Crippen molar-refractivity contribution in [1.82, 2.24) is 14.3 Å². The van der Waals surface area contributed by atoms with E-state index in [2.05, 4.69) is 20.9 Å². The van der Waals surface area contributed by atoms with Crippen molar-refractivity contribution < 1.29 is 19.6 Å². The van der Waals surface area contributed by atoms with E-state index in [9.17, 15) is 14.7 Å². The molecule has 1 N–H and O–H groups in total. The number of nitrogens with zero attached hydrogens (tertiary/aromatic N) is 3. The molecule has 166 valence electrons. The van der Waals surface area contributed by atoms with Gasteiger partial charge in [-0.05, 0) is 43.2 Å². The summed E-state index contributed by atoms with van der Waals surface area (Å²) in [5.74, 6) is -1.82. The third-order valence-electron chi connectivity index (χ3n) is 5.80. The molecule has 3 aromatic rings. The molecule has 0 saturated carbocycles. The summed E-state index contributed by atoms with van der Waals surface area (Å²) in [4.78, 5) is 33.4. The summed E-state index contributed by atoms with van der Waals surface area (Å²) in [6.07, 6.45) is 1.76. The Morgan fingerprint density at radius 2 is 1.84 bits per heavy atom. The molecule has 1 fully saturated rings. The molecule has 7 nitrogen and oxygen atoms in total. The predicted octanol–water partition coefficient (Wildman–Crippen LogP) is 1.08. The Bertz CT molecular complexity index is 1240. The van der Waals surface area contributed by atoms with E-state index in [-0.39, 0.29) is 5.57 Å². The van der Waals surface area contributed by atoms with E-state index in [1.54, 1.807) is 17.5 Å². The number of nitrogens with one attached hydrogen (secondary N) is 1. The number of likely N-dealkylation sites (tertiary alicyclic amines) is 1. The molecule has 3 heterocycles. The van der Waals surface area contributed by atoms with Crippen LogP contribution in [-0.2, 0) is 9.59 Å². The number of ketones is 1. The number of aryl methyl sites for hydroxylation is 2. The van der Waals surface area contributed by atoms with Crippen molar-refractivity contribution in [2.45, 2.75) is 19.9 Å². The standard InChI is InChI=1S/C24H25BrN4O3/c1-14-6-5-11-28-19(15(2)26-23(14)28)21(30)18-20(16-7-9-17(25)10-8-16)29(13-12-27(3)4)24(32)22(18)31/h5-11,20,30H,12-13H2,1-4H3/b21-18+. The second-order valence-electron chi connectivity index (χ2n) is 8.41. The quantitative estimate of drug-likeness (QED) is 0.325. The minimum Gasteiger partial charge on any atom is -0.871 e. The number of imidazole rings is 1. The molecule has 1 atom stereocenters. The third-order valence-corrected chi connectivity index (χ3v) is 6.33. The normalized spacial score (nSPS) is 18.3. The number of Topliss-reactive ketones (excluding diaryl/α,β-unsaturated/α-hetero) is 1. The van der Waals surface area contributed by atoms with Crippen molar-refractivity contribution in [2.75, 3.05) is 27.2 Å². The molecule has 4 rings (SSSR count). The molecule has 1 aliphatic rings. The van der Waals surface area contributed by atoms with Crippen molar-refractivity contribution in [1.29, 1.82) is 0 Å². The average molecular weight is 497 g/mol. The number of amides is 1. The van der Waals surface area contributed by atoms with Crippen LogP contribution >= 0.6 is 15.9 Å². The Morgan fingerprint density at radius 3 is 2.50 bits per heavy atom. The number of aromatic nitrogens is 2. The van der Waals surface area contributed by atoms with Crippen LogP contribution in [0.25, 0.3) is 11.4 Å². The molecule has 0 aliphatic carbocycles. The Morgan fingerprint density at radius 1 is 1.16 bits per heavy atom. The van der Waals surface area contributed by atoms with E-state index in [1.165, 1.54) is 4.90 Å². The first kappa shape index (κ1) is 22.2. The summed E-state index contributed by atoms with van der Waals surface area (Å²) < 4.78 is 2.59. The molecule has 32 heavy (non-hydrogen) atoms. The maximum absolute atomic E-state index is 13.8. The largest absolute Gasteiger partial charge is 0.871 e. The summed E-state index contributed by atoms with van der Waals surface area (Å²) in [6, 6.07) is 10.4. The lowest BCUT2D eigenvalue weighted by Gasteiger charge is -2.27. The molecule has 1 amide bonds. The fraction of sp³-hybridized carbons (Fsp3) is 0.292. The van der Waals surface area contributed by atoms with Gasteiger partial charge in [-0.25, -0.2) is 4.98 Å². The van der Waals surface area contributed by atoms with E-state index in [0.717, 1.165) is 20.5 Å². The van der Waals surface area contributed by atoms with E-state index >= 15 is 0 Å². The van der Waals surface area contributed by atoms with Crippen molar-refractivity contribution in [3.05, 3.63) is 75.2 Å². The van der Waals surface area contributed by atoms with Gasteiger partial charge in [0, 0.05) is 16.2 Å². The number of hydrogen-bond donors (Lipinski definition) is 1. The third kappa shape index (κ3) is 3.73. The van der Waals surface area contributed by atoms with Gasteiger partial charge in [0.05, 0.1) is 44.6 Å². The zero-order valence-corrected chi connectivity index (χ0v) is 20.1. The number of benzene rings is 1. The average Bonchev–Trinajstić information content (AvgIpc) is 3.21. The predicted molar refractivity (Wildman–Crippen MR) is 123 cm³/mol. The Labute approximate surface area is 195 Å². The Balaban J connectivity index is 1.94. The Kier molecular flexibility index (Phi) is 5.92. The number of likely N-dealkylation sites (N-methyl/N-ethyl adjacent to an activating group) is 1. The van der Waals surface area contributed by atoms with Crippen molar-refractivity contribution in [3.8, 4) is 0 Å². The van der Waals surface area contributed by atoms with Crippen LogP contribution in [0, 0.1) is 13.8 Å². The lowest BCUT2D eigenvalue weighted by atomic mass is 9.96. The number of rotatable bonds is 5. The number of quaternary nitrogens is 1. The minimum absolute atomic E-state index is 0.0162. The van der Waals surface area contributed by atoms with Crippen molar-refractivity contribution in [3.63, 3.8) is 0 Å². The molecule has 1 aliphatic heterocycles. The topological polar surface area (TPSA) is 82.2 Å².